The van der Waals surface area contributed by atoms with E-state index < -0.39 is 35.8 Å². The molecule has 1 aromatic heterocycles. The summed E-state index contributed by atoms with van der Waals surface area (Å²) in [6, 6.07) is 2.03. The number of nitrogens with zero attached hydrogens (tertiary/aromatic N) is 3. The average molecular weight is 460 g/mol. The topological polar surface area (TPSA) is 148 Å². The molecule has 2 atom stereocenters. The lowest BCUT2D eigenvalue weighted by molar-refractivity contribution is -0.127. The minimum Gasteiger partial charge on any atom is -0.478 e. The fourth-order valence-electron chi connectivity index (χ4n) is 3.53. The number of amidine groups is 1. The number of nitrogens with two attached hydrogens (primary N) is 1. The van der Waals surface area contributed by atoms with E-state index in [2.05, 4.69) is 9.98 Å². The van der Waals surface area contributed by atoms with Crippen molar-refractivity contribution in [1.29, 1.82) is 10.7 Å². The maximum absolute atomic E-state index is 14.7. The van der Waals surface area contributed by atoms with Crippen LogP contribution in [-0.4, -0.2) is 59.2 Å². The number of H-pyrrole nitrogens is 1. The normalized spacial score (nSPS) is 22.0. The number of nitrogens with one attached hydrogen (secondary N) is 2. The fourth-order valence-corrected chi connectivity index (χ4v) is 3.53. The Morgan fingerprint density at radius 1 is 1.52 bits per heavy atom. The summed E-state index contributed by atoms with van der Waals surface area (Å²) in [5.74, 6) is -4.70. The molecule has 176 valence electrons. The lowest BCUT2D eigenvalue weighted by Crippen LogP contribution is -2.51. The molecular formula is C22H26F2N6O3. The van der Waals surface area contributed by atoms with Gasteiger partial charge in [0.1, 0.15) is 17.5 Å². The van der Waals surface area contributed by atoms with Crippen molar-refractivity contribution < 1.29 is 18.3 Å². The van der Waals surface area contributed by atoms with Crippen molar-refractivity contribution in [2.45, 2.75) is 44.1 Å². The van der Waals surface area contributed by atoms with Crippen LogP contribution < -0.4 is 11.3 Å². The van der Waals surface area contributed by atoms with Gasteiger partial charge in [0.05, 0.1) is 18.6 Å². The number of hydrogen-bond acceptors (Lipinski definition) is 6. The van der Waals surface area contributed by atoms with Crippen LogP contribution in [0.1, 0.15) is 43.2 Å². The van der Waals surface area contributed by atoms with Gasteiger partial charge in [-0.2, -0.15) is 10.3 Å². The molecule has 0 bridgehead atoms. The zero-order chi connectivity index (χ0) is 24.2. The van der Waals surface area contributed by atoms with Crippen LogP contribution in [0, 0.1) is 22.7 Å². The lowest BCUT2D eigenvalue weighted by Gasteiger charge is -2.40. The summed E-state index contributed by atoms with van der Waals surface area (Å²) in [6.07, 6.45) is 5.47. The monoisotopic (exact) mass is 460 g/mol. The first kappa shape index (κ1) is 24.3. The third kappa shape index (κ3) is 6.32. The quantitative estimate of drug-likeness (QED) is 0.418. The Hall–Kier alpha value is -3.39. The van der Waals surface area contributed by atoms with E-state index in [0.29, 0.717) is 12.5 Å². The van der Waals surface area contributed by atoms with E-state index >= 15 is 0 Å². The summed E-state index contributed by atoms with van der Waals surface area (Å²) in [5, 5.41) is 16.7. The van der Waals surface area contributed by atoms with Gasteiger partial charge in [0.2, 0.25) is 5.90 Å². The van der Waals surface area contributed by atoms with E-state index in [1.165, 1.54) is 18.3 Å². The Morgan fingerprint density at radius 2 is 2.24 bits per heavy atom. The van der Waals surface area contributed by atoms with Crippen LogP contribution in [-0.2, 0) is 9.53 Å². The fraction of sp³-hybridized carbons (Fsp3) is 0.500. The number of halogens is 2. The first-order valence-electron chi connectivity index (χ1n) is 10.6. The first-order valence-corrected chi connectivity index (χ1v) is 10.6. The molecule has 2 fully saturated rings. The van der Waals surface area contributed by atoms with Crippen LogP contribution >= 0.6 is 0 Å². The molecule has 0 radical (unpaired) electrons. The highest BCUT2D eigenvalue weighted by Crippen LogP contribution is 2.40. The van der Waals surface area contributed by atoms with Crippen molar-refractivity contribution in [2.75, 3.05) is 19.7 Å². The number of aromatic nitrogens is 1. The standard InChI is InChI=1S/C22H26F2N6O3/c1-13(20(31)29-18(26)4-5-19(27)33-12-14-2-3-14)30-7-6-22(23,24)17(11-30)16-8-15(9-25)21(32)28-10-16/h4-5,8,10,13-14,17,27H,2-3,6-7,11-12H2,1H3,(H,28,32)(H2,26,29,31)/b5-4-,27-19?/t13-,17?/m0/s1. The van der Waals surface area contributed by atoms with Gasteiger partial charge in [-0.1, -0.05) is 0 Å². The second-order valence-electron chi connectivity index (χ2n) is 8.35. The maximum atomic E-state index is 14.7. The highest BCUT2D eigenvalue weighted by Gasteiger charge is 2.46. The highest BCUT2D eigenvalue weighted by atomic mass is 19.3. The molecule has 33 heavy (non-hydrogen) atoms. The number of alkyl halides is 2. The third-order valence-electron chi connectivity index (χ3n) is 5.83. The molecular weight excluding hydrogens is 434 g/mol. The number of carbonyl (C=O) groups excluding carboxylic acids is 1. The number of hydrogen-bond donors (Lipinski definition) is 3. The van der Waals surface area contributed by atoms with E-state index in [9.17, 15) is 18.4 Å². The summed E-state index contributed by atoms with van der Waals surface area (Å²) < 4.78 is 34.6. The predicted molar refractivity (Wildman–Crippen MR) is 117 cm³/mol. The van der Waals surface area contributed by atoms with Crippen LogP contribution in [0.15, 0.2) is 34.2 Å². The Bertz CT molecular complexity index is 1070. The van der Waals surface area contributed by atoms with Crippen LogP contribution in [0.25, 0.3) is 0 Å². The van der Waals surface area contributed by atoms with Crippen LogP contribution in [0.4, 0.5) is 8.78 Å². The summed E-state index contributed by atoms with van der Waals surface area (Å²) >= 11 is 0. The number of aromatic amines is 1. The zero-order valence-corrected chi connectivity index (χ0v) is 18.2. The number of aliphatic imine (C=N–C) groups is 1. The maximum Gasteiger partial charge on any atom is 0.265 e. The number of ether oxygens (including phenoxy) is 1. The number of nitriles is 1. The molecule has 9 nitrogen and oxygen atoms in total. The number of rotatable bonds is 7. The van der Waals surface area contributed by atoms with Gasteiger partial charge in [0.25, 0.3) is 17.4 Å². The first-order chi connectivity index (χ1) is 15.6. The third-order valence-corrected chi connectivity index (χ3v) is 5.83. The molecule has 1 aromatic rings. The number of amides is 1. The number of piperidine rings is 1. The molecule has 2 aliphatic rings. The van der Waals surface area contributed by atoms with Gasteiger partial charge in [-0.25, -0.2) is 8.78 Å². The molecule has 1 unspecified atom stereocenters. The van der Waals surface area contributed by atoms with Gasteiger partial charge >= 0.3 is 0 Å². The number of likely N-dealkylation sites (tertiary alicyclic amines) is 1. The average Bonchev–Trinajstić information content (AvgIpc) is 3.60. The highest BCUT2D eigenvalue weighted by molar-refractivity contribution is 6.04. The molecule has 4 N–H and O–H groups in total. The number of pyridine rings is 1. The molecule has 11 heteroatoms. The molecule has 2 heterocycles. The van der Waals surface area contributed by atoms with Gasteiger partial charge in [-0.05, 0) is 43.4 Å². The zero-order valence-electron chi connectivity index (χ0n) is 18.2. The minimum atomic E-state index is -3.07. The van der Waals surface area contributed by atoms with Crippen molar-refractivity contribution in [3.63, 3.8) is 0 Å². The Labute approximate surface area is 189 Å². The number of carbonyl (C=O) groups is 1. The van der Waals surface area contributed by atoms with Gasteiger partial charge < -0.3 is 15.5 Å². The van der Waals surface area contributed by atoms with Crippen molar-refractivity contribution >= 4 is 17.6 Å². The molecule has 1 saturated carbocycles. The Morgan fingerprint density at radius 3 is 2.91 bits per heavy atom. The van der Waals surface area contributed by atoms with Crippen molar-refractivity contribution in [1.82, 2.24) is 9.88 Å². The van der Waals surface area contributed by atoms with E-state index in [4.69, 9.17) is 21.1 Å². The lowest BCUT2D eigenvalue weighted by atomic mass is 9.86. The summed E-state index contributed by atoms with van der Waals surface area (Å²) in [4.78, 5) is 31.9. The molecule has 0 aromatic carbocycles. The second kappa shape index (κ2) is 10.0. The second-order valence-corrected chi connectivity index (χ2v) is 8.35. The van der Waals surface area contributed by atoms with Crippen LogP contribution in [0.2, 0.25) is 0 Å². The summed E-state index contributed by atoms with van der Waals surface area (Å²) in [7, 11) is 0. The minimum absolute atomic E-state index is 0.0320. The van der Waals surface area contributed by atoms with Crippen LogP contribution in [0.5, 0.6) is 0 Å². The van der Waals surface area contributed by atoms with E-state index in [-0.39, 0.29) is 35.9 Å². The van der Waals surface area contributed by atoms with Gasteiger partial charge in [0, 0.05) is 31.8 Å². The van der Waals surface area contributed by atoms with Gasteiger partial charge in [0.15, 0.2) is 0 Å². The van der Waals surface area contributed by atoms with E-state index in [1.54, 1.807) is 17.9 Å². The van der Waals surface area contributed by atoms with E-state index in [1.807, 2.05) is 0 Å². The SMILES string of the molecule is C[C@@H](C(=O)N=C(N)/C=C\C(=N)OCC1CC1)N1CCC(F)(F)C(c2c[nH]c(=O)c(C#N)c2)C1. The largest absolute Gasteiger partial charge is 0.478 e. The molecule has 1 amide bonds. The molecule has 0 spiro atoms. The predicted octanol–water partition coefficient (Wildman–Crippen LogP) is 1.90. The van der Waals surface area contributed by atoms with Crippen molar-refractivity contribution in [3.8, 4) is 6.07 Å². The smallest absolute Gasteiger partial charge is 0.265 e. The Kier molecular flexibility index (Phi) is 7.38. The Balaban J connectivity index is 1.66. The summed E-state index contributed by atoms with van der Waals surface area (Å²) in [6.45, 7) is 1.83. The van der Waals surface area contributed by atoms with E-state index in [0.717, 1.165) is 18.9 Å². The molecule has 1 aliphatic carbocycles. The van der Waals surface area contributed by atoms with Gasteiger partial charge in [-0.15, -0.1) is 0 Å². The van der Waals surface area contributed by atoms with Crippen molar-refractivity contribution in [3.05, 3.63) is 45.9 Å². The summed E-state index contributed by atoms with van der Waals surface area (Å²) in [5.41, 5.74) is 4.98. The molecule has 3 rings (SSSR count). The molecule has 1 saturated heterocycles. The van der Waals surface area contributed by atoms with Crippen LogP contribution in [0.3, 0.4) is 0 Å². The van der Waals surface area contributed by atoms with Gasteiger partial charge in [-0.3, -0.25) is 19.9 Å². The molecule has 1 aliphatic heterocycles. The van der Waals surface area contributed by atoms with Crippen molar-refractivity contribution in [2.24, 2.45) is 16.6 Å².